The normalized spacial score (nSPS) is 14.3. The van der Waals surface area contributed by atoms with Crippen molar-refractivity contribution in [3.8, 4) is 0 Å². The van der Waals surface area contributed by atoms with E-state index in [1.54, 1.807) is 19.1 Å². The lowest BCUT2D eigenvalue weighted by Crippen LogP contribution is -2.50. The molecule has 0 spiro atoms. The molecule has 2 saturated heterocycles. The lowest BCUT2D eigenvalue weighted by Gasteiger charge is -2.34. The number of nitrogens with zero attached hydrogens (tertiary/aromatic N) is 9. The van der Waals surface area contributed by atoms with Crippen molar-refractivity contribution in [2.24, 2.45) is 0 Å². The Morgan fingerprint density at radius 1 is 0.627 bits per heavy atom. The summed E-state index contributed by atoms with van der Waals surface area (Å²) >= 11 is 16.4. The number of methoxy groups -OCH3 is 2. The Morgan fingerprint density at radius 3 is 1.55 bits per heavy atom. The number of nitrogens with one attached hydrogen (secondary N) is 1. The average molecular weight is 786 g/mol. The molecule has 0 aliphatic carbocycles. The van der Waals surface area contributed by atoms with Gasteiger partial charge in [0.1, 0.15) is 13.2 Å². The molecule has 4 heterocycles. The van der Waals surface area contributed by atoms with Gasteiger partial charge in [-0.15, -0.1) is 20.4 Å². The fourth-order valence-corrected chi connectivity index (χ4v) is 4.34. The summed E-state index contributed by atoms with van der Waals surface area (Å²) in [5, 5.41) is 17.7. The van der Waals surface area contributed by atoms with Gasteiger partial charge in [0.05, 0.1) is 52.9 Å². The molecule has 0 saturated carbocycles. The van der Waals surface area contributed by atoms with Crippen LogP contribution in [0.1, 0.15) is 0 Å². The van der Waals surface area contributed by atoms with E-state index in [0.717, 1.165) is 26.2 Å². The fraction of sp³-hybridized carbons (Fsp3) is 0.714. The molecular weight excluding hydrogens is 739 g/mol. The first-order chi connectivity index (χ1) is 24.7. The first-order valence-corrected chi connectivity index (χ1v) is 17.1. The molecule has 2 fully saturated rings. The number of carbonyl (C=O) groups is 2. The fourth-order valence-electron chi connectivity index (χ4n) is 4.05. The number of halogens is 3. The number of carbonyl (C=O) groups excluding carboxylic acids is 2. The van der Waals surface area contributed by atoms with Crippen LogP contribution < -0.4 is 21.7 Å². The number of anilines is 3. The quantitative estimate of drug-likeness (QED) is 0.168. The lowest BCUT2D eigenvalue weighted by atomic mass is 10.3. The number of ether oxygens (including phenoxy) is 6. The number of hydrogen-bond donors (Lipinski definition) is 3. The molecular formula is C28H47Cl3N12O8. The zero-order valence-electron chi connectivity index (χ0n) is 28.8. The number of amides is 2. The zero-order chi connectivity index (χ0) is 37.3. The highest BCUT2D eigenvalue weighted by molar-refractivity contribution is 6.32. The first kappa shape index (κ1) is 44.1. The maximum absolute atomic E-state index is 12.1. The van der Waals surface area contributed by atoms with Gasteiger partial charge < -0.3 is 59.9 Å². The zero-order valence-corrected chi connectivity index (χ0v) is 31.1. The summed E-state index contributed by atoms with van der Waals surface area (Å²) in [5.41, 5.74) is 10.8. The molecule has 0 aromatic carbocycles. The van der Waals surface area contributed by atoms with Crippen LogP contribution in [-0.2, 0) is 38.0 Å². The molecule has 2 aliphatic rings. The molecule has 4 rings (SSSR count). The van der Waals surface area contributed by atoms with Crippen LogP contribution >= 0.6 is 34.8 Å². The molecule has 0 bridgehead atoms. The smallest absolute Gasteiger partial charge is 0.248 e. The molecule has 20 nitrogen and oxygen atoms in total. The van der Waals surface area contributed by atoms with Crippen molar-refractivity contribution >= 4 is 64.2 Å². The molecule has 0 unspecified atom stereocenters. The second-order valence-corrected chi connectivity index (χ2v) is 11.4. The second kappa shape index (κ2) is 26.7. The van der Waals surface area contributed by atoms with Gasteiger partial charge in [-0.1, -0.05) is 23.2 Å². The Kier molecular flexibility index (Phi) is 23.1. The van der Waals surface area contributed by atoms with Crippen LogP contribution in [0.3, 0.4) is 0 Å². The summed E-state index contributed by atoms with van der Waals surface area (Å²) < 4.78 is 30.8. The number of piperazine rings is 2. The standard InChI is InChI=1S/C14H23ClN6O4.C11H22N2O4.C3H2Cl2N4/c1-23-6-7-24-8-9-25-10-11(22)20-2-4-21(5-3-20)14-17-13(16)12(15)18-19-14;1-15-6-7-16-8-9-17-10-11(14)13-4-2-12-3-5-13;4-1-2(6)7-3(5)9-8-1/h2-10H2,1H3,(H2,16,17,19);12H,2-10H2,1H3;(H2,6,7,9). The predicted octanol–water partition coefficient (Wildman–Crippen LogP) is -0.706. The molecule has 2 aliphatic heterocycles. The lowest BCUT2D eigenvalue weighted by molar-refractivity contribution is -0.137. The minimum Gasteiger partial charge on any atom is -0.382 e. The van der Waals surface area contributed by atoms with E-state index in [1.807, 2.05) is 9.80 Å². The number of hydrogen-bond acceptors (Lipinski definition) is 18. The molecule has 0 atom stereocenters. The van der Waals surface area contributed by atoms with E-state index in [9.17, 15) is 9.59 Å². The van der Waals surface area contributed by atoms with Crippen LogP contribution in [-0.4, -0.2) is 185 Å². The average Bonchev–Trinajstić information content (AvgIpc) is 3.14. The third-order valence-electron chi connectivity index (χ3n) is 6.75. The van der Waals surface area contributed by atoms with Gasteiger partial charge in [-0.25, -0.2) is 0 Å². The van der Waals surface area contributed by atoms with Gasteiger partial charge >= 0.3 is 0 Å². The number of rotatable bonds is 17. The second-order valence-electron chi connectivity index (χ2n) is 10.4. The van der Waals surface area contributed by atoms with E-state index in [2.05, 4.69) is 35.7 Å². The molecule has 2 aromatic rings. The number of nitrogens with two attached hydrogens (primary N) is 2. The minimum absolute atomic E-state index is 0.00287. The van der Waals surface area contributed by atoms with Crippen molar-refractivity contribution in [3.63, 3.8) is 0 Å². The van der Waals surface area contributed by atoms with Crippen LogP contribution in [0, 0.1) is 0 Å². The van der Waals surface area contributed by atoms with Gasteiger partial charge in [-0.05, 0) is 11.6 Å². The molecule has 2 aromatic heterocycles. The van der Waals surface area contributed by atoms with Crippen molar-refractivity contribution in [1.82, 2.24) is 45.5 Å². The summed E-state index contributed by atoms with van der Waals surface area (Å²) in [5.74, 6) is 0.663. The van der Waals surface area contributed by atoms with E-state index < -0.39 is 0 Å². The Morgan fingerprint density at radius 2 is 1.08 bits per heavy atom. The Hall–Kier alpha value is -3.05. The number of nitrogen functional groups attached to an aromatic ring is 2. The van der Waals surface area contributed by atoms with Gasteiger partial charge in [-0.2, -0.15) is 9.97 Å². The molecule has 288 valence electrons. The molecule has 51 heavy (non-hydrogen) atoms. The molecule has 0 radical (unpaired) electrons. The summed E-state index contributed by atoms with van der Waals surface area (Å²) in [6.45, 7) is 9.71. The van der Waals surface area contributed by atoms with E-state index in [-0.39, 0.29) is 52.3 Å². The predicted molar refractivity (Wildman–Crippen MR) is 189 cm³/mol. The third-order valence-corrected chi connectivity index (χ3v) is 7.45. The maximum atomic E-state index is 12.1. The van der Waals surface area contributed by atoms with Gasteiger partial charge in [0.2, 0.25) is 23.0 Å². The first-order valence-electron chi connectivity index (χ1n) is 15.9. The van der Waals surface area contributed by atoms with Crippen LogP contribution in [0.25, 0.3) is 0 Å². The third kappa shape index (κ3) is 18.8. The van der Waals surface area contributed by atoms with Crippen molar-refractivity contribution in [2.75, 3.05) is 149 Å². The maximum Gasteiger partial charge on any atom is 0.248 e. The summed E-state index contributed by atoms with van der Waals surface area (Å²) in [6, 6.07) is 0. The topological polar surface area (TPSA) is 241 Å². The van der Waals surface area contributed by atoms with Gasteiger partial charge in [-0.3, -0.25) is 9.59 Å². The van der Waals surface area contributed by atoms with Crippen LogP contribution in [0.4, 0.5) is 17.6 Å². The van der Waals surface area contributed by atoms with E-state index in [0.29, 0.717) is 85.0 Å². The van der Waals surface area contributed by atoms with E-state index in [4.69, 9.17) is 74.7 Å². The van der Waals surface area contributed by atoms with Crippen molar-refractivity contribution in [3.05, 3.63) is 15.6 Å². The molecule has 23 heteroatoms. The van der Waals surface area contributed by atoms with Crippen LogP contribution in [0.15, 0.2) is 0 Å². The number of aromatic nitrogens is 6. The Labute approximate surface area is 311 Å². The van der Waals surface area contributed by atoms with E-state index >= 15 is 0 Å². The minimum atomic E-state index is -0.0498. The highest BCUT2D eigenvalue weighted by Gasteiger charge is 2.23. The van der Waals surface area contributed by atoms with Crippen LogP contribution in [0.5, 0.6) is 0 Å². The van der Waals surface area contributed by atoms with Crippen molar-refractivity contribution in [2.45, 2.75) is 0 Å². The monoisotopic (exact) mass is 784 g/mol. The summed E-state index contributed by atoms with van der Waals surface area (Å²) in [4.78, 5) is 36.9. The highest BCUT2D eigenvalue weighted by Crippen LogP contribution is 2.16. The summed E-state index contributed by atoms with van der Waals surface area (Å²) in [6.07, 6.45) is 0. The van der Waals surface area contributed by atoms with Crippen LogP contribution in [0.2, 0.25) is 15.6 Å². The Bertz CT molecular complexity index is 1280. The van der Waals surface area contributed by atoms with Crippen molar-refractivity contribution < 1.29 is 38.0 Å². The SMILES string of the molecule is COCCOCCOCC(=O)N1CCN(c2nnc(Cl)c(N)n2)CC1.COCCOCCOCC(=O)N1CCNCC1.Nc1nc(Cl)nnc1Cl. The molecule has 5 N–H and O–H groups in total. The van der Waals surface area contributed by atoms with Gasteiger partial charge in [0.25, 0.3) is 0 Å². The molecule has 2 amide bonds. The van der Waals surface area contributed by atoms with E-state index in [1.165, 1.54) is 0 Å². The van der Waals surface area contributed by atoms with Gasteiger partial charge in [0, 0.05) is 66.6 Å². The largest absolute Gasteiger partial charge is 0.382 e. The van der Waals surface area contributed by atoms with Gasteiger partial charge in [0.15, 0.2) is 21.9 Å². The Balaban J connectivity index is 0.000000297. The highest BCUT2D eigenvalue weighted by atomic mass is 35.5. The van der Waals surface area contributed by atoms with Crippen molar-refractivity contribution in [1.29, 1.82) is 0 Å². The summed E-state index contributed by atoms with van der Waals surface area (Å²) in [7, 11) is 3.24.